The molecule has 0 aliphatic carbocycles. The highest BCUT2D eigenvalue weighted by atomic mass is 79.9. The maximum atomic E-state index is 12.5. The van der Waals surface area contributed by atoms with Crippen LogP contribution < -0.4 is 8.81 Å². The van der Waals surface area contributed by atoms with E-state index >= 15 is 0 Å². The molecule has 23 heavy (non-hydrogen) atoms. The molecule has 2 rings (SSSR count). The van der Waals surface area contributed by atoms with Gasteiger partial charge in [-0.1, -0.05) is 30.3 Å². The molecule has 6 nitrogen and oxygen atoms in total. The third-order valence-corrected chi connectivity index (χ3v) is 5.94. The van der Waals surface area contributed by atoms with Crippen LogP contribution in [0.1, 0.15) is 5.56 Å². The van der Waals surface area contributed by atoms with E-state index in [2.05, 4.69) is 16.1 Å². The minimum atomic E-state index is -3.74. The molecule has 0 heterocycles. The summed E-state index contributed by atoms with van der Waals surface area (Å²) in [5.41, 5.74) is 2.57. The molecular weight excluding hydrogens is 384 g/mol. The summed E-state index contributed by atoms with van der Waals surface area (Å²) in [7, 11) is -3.74. The Kier molecular flexibility index (Phi) is 5.54. The summed E-state index contributed by atoms with van der Waals surface area (Å²) >= 11 is 3.07. The number of amides is 1. The number of rotatable bonds is 5. The van der Waals surface area contributed by atoms with Crippen molar-refractivity contribution in [2.24, 2.45) is 0 Å². The first-order valence-corrected chi connectivity index (χ1v) is 8.58. The molecule has 2 N–H and O–H groups in total. The lowest BCUT2D eigenvalue weighted by molar-refractivity contribution is -0.124. The van der Waals surface area contributed by atoms with Gasteiger partial charge >= 0.3 is 0 Å². The van der Waals surface area contributed by atoms with Gasteiger partial charge in [-0.25, -0.2) is 13.9 Å². The molecule has 0 bridgehead atoms. The Hall–Kier alpha value is -2.16. The van der Waals surface area contributed by atoms with Gasteiger partial charge in [0.05, 0.1) is 26.7 Å². The number of hydrogen-bond acceptors (Lipinski definition) is 4. The van der Waals surface area contributed by atoms with E-state index in [1.54, 1.807) is 42.5 Å². The maximum absolute atomic E-state index is 12.5. The number of carbonyl (C=O) groups is 1. The van der Waals surface area contributed by atoms with Crippen molar-refractivity contribution in [1.82, 2.24) is 5.48 Å². The first kappa shape index (κ1) is 17.2. The summed E-state index contributed by atoms with van der Waals surface area (Å²) in [6, 6.07) is 14.6. The third kappa shape index (κ3) is 4.19. The highest BCUT2D eigenvalue weighted by Gasteiger charge is 2.22. The van der Waals surface area contributed by atoms with Crippen LogP contribution in [0.15, 0.2) is 65.6 Å². The monoisotopic (exact) mass is 396 g/mol. The number of nitrogens with one attached hydrogen (secondary N) is 1. The second-order valence-corrected chi connectivity index (χ2v) is 7.40. The van der Waals surface area contributed by atoms with Crippen LogP contribution in [0.2, 0.25) is 0 Å². The summed E-state index contributed by atoms with van der Waals surface area (Å²) in [5.74, 6) is -0.669. The number of carbonyl (C=O) groups excluding carboxylic acids is 1. The second-order valence-electron chi connectivity index (χ2n) is 4.43. The van der Waals surface area contributed by atoms with E-state index in [4.69, 9.17) is 5.21 Å². The Labute approximate surface area is 142 Å². The molecule has 0 aromatic heterocycles. The molecule has 0 spiro atoms. The van der Waals surface area contributed by atoms with E-state index in [9.17, 15) is 13.2 Å². The summed E-state index contributed by atoms with van der Waals surface area (Å²) < 4.78 is 26.1. The molecular formula is C15H13BrN2O4S. The van der Waals surface area contributed by atoms with Gasteiger partial charge in [0.15, 0.2) is 0 Å². The zero-order valence-corrected chi connectivity index (χ0v) is 14.2. The Morgan fingerprint density at radius 3 is 2.26 bits per heavy atom. The van der Waals surface area contributed by atoms with Gasteiger partial charge < -0.3 is 0 Å². The maximum Gasteiger partial charge on any atom is 0.273 e. The number of halogens is 1. The van der Waals surface area contributed by atoms with Crippen molar-refractivity contribution in [3.8, 4) is 0 Å². The molecule has 2 aromatic rings. The number of hydroxylamine groups is 1. The van der Waals surface area contributed by atoms with Crippen LogP contribution in [-0.4, -0.2) is 19.5 Å². The molecule has 8 heteroatoms. The van der Waals surface area contributed by atoms with Crippen LogP contribution in [-0.2, 0) is 14.8 Å². The zero-order chi connectivity index (χ0) is 16.9. The van der Waals surface area contributed by atoms with E-state index < -0.39 is 15.9 Å². The predicted molar refractivity (Wildman–Crippen MR) is 90.4 cm³/mol. The average Bonchev–Trinajstić information content (AvgIpc) is 2.60. The van der Waals surface area contributed by atoms with E-state index in [1.807, 2.05) is 0 Å². The van der Waals surface area contributed by atoms with Gasteiger partial charge in [-0.05, 0) is 35.9 Å². The van der Waals surface area contributed by atoms with Crippen LogP contribution >= 0.6 is 16.1 Å². The molecule has 0 fully saturated rings. The van der Waals surface area contributed by atoms with Crippen molar-refractivity contribution < 1.29 is 18.4 Å². The molecule has 0 unspecified atom stereocenters. The van der Waals surface area contributed by atoms with Gasteiger partial charge in [-0.2, -0.15) is 3.33 Å². The van der Waals surface area contributed by atoms with Crippen LogP contribution in [0.5, 0.6) is 0 Å². The molecule has 1 amide bonds. The van der Waals surface area contributed by atoms with Gasteiger partial charge in [0.1, 0.15) is 0 Å². The Morgan fingerprint density at radius 1 is 1.09 bits per heavy atom. The van der Waals surface area contributed by atoms with Crippen molar-refractivity contribution >= 4 is 43.8 Å². The normalized spacial score (nSPS) is 11.4. The van der Waals surface area contributed by atoms with Crippen molar-refractivity contribution in [2.75, 3.05) is 3.33 Å². The molecule has 0 saturated carbocycles. The molecule has 0 aliphatic heterocycles. The number of anilines is 1. The van der Waals surface area contributed by atoms with Gasteiger partial charge in [-0.15, -0.1) is 0 Å². The first-order valence-electron chi connectivity index (χ1n) is 6.43. The number of nitrogens with zero attached hydrogens (tertiary/aromatic N) is 1. The molecule has 0 saturated heterocycles. The quantitative estimate of drug-likeness (QED) is 0.352. The fraction of sp³-hybridized carbons (Fsp3) is 0. The van der Waals surface area contributed by atoms with Crippen LogP contribution in [0, 0.1) is 0 Å². The van der Waals surface area contributed by atoms with E-state index in [0.717, 1.165) is 9.41 Å². The standard InChI is InChI=1S/C15H13BrN2O4S/c16-18(13-4-2-1-3-5-13)23(21,22)14-9-6-12(7-10-14)8-11-15(19)17-20/h1-11,20H,(H,17,19). The number of hydrogen-bond donors (Lipinski definition) is 2. The fourth-order valence-corrected chi connectivity index (χ4v) is 3.54. The largest absolute Gasteiger partial charge is 0.288 e. The van der Waals surface area contributed by atoms with Crippen molar-refractivity contribution in [3.63, 3.8) is 0 Å². The zero-order valence-electron chi connectivity index (χ0n) is 11.8. The van der Waals surface area contributed by atoms with Crippen molar-refractivity contribution in [1.29, 1.82) is 0 Å². The van der Waals surface area contributed by atoms with Gasteiger partial charge in [-0.3, -0.25) is 10.0 Å². The predicted octanol–water partition coefficient (Wildman–Crippen LogP) is 2.71. The summed E-state index contributed by atoms with van der Waals surface area (Å²) in [4.78, 5) is 11.0. The lowest BCUT2D eigenvalue weighted by atomic mass is 10.2. The summed E-state index contributed by atoms with van der Waals surface area (Å²) in [6.45, 7) is 0. The highest BCUT2D eigenvalue weighted by molar-refractivity contribution is 9.11. The van der Waals surface area contributed by atoms with E-state index in [0.29, 0.717) is 11.3 Å². The van der Waals surface area contributed by atoms with Crippen LogP contribution in [0.4, 0.5) is 5.69 Å². The average molecular weight is 397 g/mol. The lowest BCUT2D eigenvalue weighted by Gasteiger charge is -2.16. The van der Waals surface area contributed by atoms with Gasteiger partial charge in [0.25, 0.3) is 15.9 Å². The minimum Gasteiger partial charge on any atom is -0.288 e. The van der Waals surface area contributed by atoms with Gasteiger partial charge in [0.2, 0.25) is 0 Å². The van der Waals surface area contributed by atoms with Crippen LogP contribution in [0.3, 0.4) is 0 Å². The first-order chi connectivity index (χ1) is 10.9. The van der Waals surface area contributed by atoms with E-state index in [-0.39, 0.29) is 4.90 Å². The lowest BCUT2D eigenvalue weighted by Crippen LogP contribution is -2.20. The minimum absolute atomic E-state index is 0.0991. The Balaban J connectivity index is 2.24. The molecule has 2 aromatic carbocycles. The summed E-state index contributed by atoms with van der Waals surface area (Å²) in [6.07, 6.45) is 2.58. The van der Waals surface area contributed by atoms with Crippen molar-refractivity contribution in [2.45, 2.75) is 4.90 Å². The Bertz CT molecular complexity index is 805. The molecule has 120 valence electrons. The van der Waals surface area contributed by atoms with Crippen molar-refractivity contribution in [3.05, 3.63) is 66.2 Å². The third-order valence-electron chi connectivity index (χ3n) is 2.89. The molecule has 0 aliphatic rings. The summed E-state index contributed by atoms with van der Waals surface area (Å²) in [5, 5.41) is 8.39. The number of para-hydroxylation sites is 1. The SMILES string of the molecule is O=C(C=Cc1ccc(S(=O)(=O)N(Br)c2ccccc2)cc1)NO. The fourth-order valence-electron chi connectivity index (χ4n) is 1.74. The Morgan fingerprint density at radius 2 is 1.70 bits per heavy atom. The second kappa shape index (κ2) is 7.40. The topological polar surface area (TPSA) is 86.7 Å². The number of sulfonamides is 1. The van der Waals surface area contributed by atoms with E-state index in [1.165, 1.54) is 23.7 Å². The highest BCUT2D eigenvalue weighted by Crippen LogP contribution is 2.26. The number of benzene rings is 2. The molecule has 0 radical (unpaired) electrons. The van der Waals surface area contributed by atoms with Gasteiger partial charge in [0, 0.05) is 6.08 Å². The molecule has 0 atom stereocenters. The smallest absolute Gasteiger partial charge is 0.273 e. The van der Waals surface area contributed by atoms with Crippen LogP contribution in [0.25, 0.3) is 6.08 Å².